The van der Waals surface area contributed by atoms with Crippen molar-refractivity contribution in [1.82, 2.24) is 5.32 Å². The molecule has 0 aliphatic rings. The second-order valence-corrected chi connectivity index (χ2v) is 7.32. The number of thioether (sulfide) groups is 1. The number of nitrogens with one attached hydrogen (secondary N) is 1. The second-order valence-electron chi connectivity index (χ2n) is 4.97. The maximum atomic E-state index is 12.1. The molecule has 0 unspecified atom stereocenters. The van der Waals surface area contributed by atoms with Gasteiger partial charge in [-0.2, -0.15) is 11.8 Å². The highest BCUT2D eigenvalue weighted by atomic mass is 35.5. The molecule has 0 saturated carbocycles. The van der Waals surface area contributed by atoms with E-state index in [-0.39, 0.29) is 22.2 Å². The average molecular weight is 420 g/mol. The highest BCUT2D eigenvalue weighted by Crippen LogP contribution is 2.25. The predicted octanol–water partition coefficient (Wildman–Crippen LogP) is 5.22. The van der Waals surface area contributed by atoms with Crippen molar-refractivity contribution in [3.05, 3.63) is 72.7 Å². The molecule has 0 aromatic heterocycles. The molecule has 2 aromatic rings. The molecule has 0 spiro atoms. The minimum absolute atomic E-state index is 0.0484. The quantitative estimate of drug-likeness (QED) is 0.379. The summed E-state index contributed by atoms with van der Waals surface area (Å²) in [5.74, 6) is 1.00. The fourth-order valence-electron chi connectivity index (χ4n) is 1.95. The number of benzene rings is 2. The van der Waals surface area contributed by atoms with Crippen molar-refractivity contribution in [2.24, 2.45) is 0 Å². The highest BCUT2D eigenvalue weighted by Gasteiger charge is 2.14. The Hall–Kier alpha value is -1.47. The van der Waals surface area contributed by atoms with Gasteiger partial charge < -0.3 is 5.32 Å². The van der Waals surface area contributed by atoms with Crippen molar-refractivity contribution < 1.29 is 9.72 Å². The van der Waals surface area contributed by atoms with Crippen molar-refractivity contribution in [2.75, 3.05) is 12.3 Å². The molecule has 132 valence electrons. The Bertz CT molecular complexity index is 802. The zero-order valence-electron chi connectivity index (χ0n) is 12.8. The number of carbonyl (C=O) groups excluding carboxylic acids is 1. The van der Waals surface area contributed by atoms with Gasteiger partial charge >= 0.3 is 0 Å². The van der Waals surface area contributed by atoms with Crippen LogP contribution in [0.2, 0.25) is 15.1 Å². The van der Waals surface area contributed by atoms with E-state index in [1.807, 2.05) is 6.07 Å². The fourth-order valence-corrected chi connectivity index (χ4v) is 3.63. The van der Waals surface area contributed by atoms with Gasteiger partial charge in [0, 0.05) is 40.2 Å². The molecule has 2 rings (SSSR count). The molecule has 25 heavy (non-hydrogen) atoms. The molecule has 1 N–H and O–H groups in total. The van der Waals surface area contributed by atoms with Crippen molar-refractivity contribution in [1.29, 1.82) is 0 Å². The minimum Gasteiger partial charge on any atom is -0.351 e. The maximum Gasteiger partial charge on any atom is 0.270 e. The van der Waals surface area contributed by atoms with Crippen molar-refractivity contribution >= 4 is 58.2 Å². The average Bonchev–Trinajstić information content (AvgIpc) is 2.55. The molecule has 0 aliphatic carbocycles. The number of hydrogen-bond acceptors (Lipinski definition) is 4. The summed E-state index contributed by atoms with van der Waals surface area (Å²) in [6, 6.07) is 9.09. The molecule has 0 saturated heterocycles. The molecule has 0 fully saturated rings. The lowest BCUT2D eigenvalue weighted by Gasteiger charge is -2.08. The van der Waals surface area contributed by atoms with Gasteiger partial charge in [0.2, 0.25) is 0 Å². The van der Waals surface area contributed by atoms with Crippen LogP contribution in [0.15, 0.2) is 36.4 Å². The topological polar surface area (TPSA) is 72.2 Å². The standard InChI is InChI=1S/C16H13Cl3N2O3S/c17-11-2-1-10(14(18)7-11)9-25-6-5-20-16(22)13-4-3-12(21(23)24)8-15(13)19/h1-4,7-8H,5-6,9H2,(H,20,22). The third-order valence-corrected chi connectivity index (χ3v) is 5.12. The van der Waals surface area contributed by atoms with E-state index in [9.17, 15) is 14.9 Å². The van der Waals surface area contributed by atoms with Gasteiger partial charge in [0.25, 0.3) is 11.6 Å². The van der Waals surface area contributed by atoms with E-state index < -0.39 is 4.92 Å². The lowest BCUT2D eigenvalue weighted by Crippen LogP contribution is -2.26. The summed E-state index contributed by atoms with van der Waals surface area (Å²) in [6.07, 6.45) is 0. The van der Waals surface area contributed by atoms with Crippen LogP contribution in [0, 0.1) is 10.1 Å². The Morgan fingerprint density at radius 2 is 1.88 bits per heavy atom. The number of carbonyl (C=O) groups is 1. The third kappa shape index (κ3) is 5.78. The van der Waals surface area contributed by atoms with Gasteiger partial charge in [-0.05, 0) is 23.8 Å². The zero-order valence-corrected chi connectivity index (χ0v) is 15.9. The molecular weight excluding hydrogens is 407 g/mol. The zero-order chi connectivity index (χ0) is 18.4. The summed E-state index contributed by atoms with van der Waals surface area (Å²) in [6.45, 7) is 0.433. The van der Waals surface area contributed by atoms with Crippen molar-refractivity contribution in [2.45, 2.75) is 5.75 Å². The van der Waals surface area contributed by atoms with E-state index in [1.54, 1.807) is 23.9 Å². The van der Waals surface area contributed by atoms with Gasteiger partial charge in [-0.1, -0.05) is 40.9 Å². The molecule has 1 amide bonds. The lowest BCUT2D eigenvalue weighted by atomic mass is 10.2. The van der Waals surface area contributed by atoms with Crippen LogP contribution in [0.25, 0.3) is 0 Å². The molecule has 9 heteroatoms. The molecule has 0 heterocycles. The molecule has 5 nitrogen and oxygen atoms in total. The summed E-state index contributed by atoms with van der Waals surface area (Å²) < 4.78 is 0. The summed E-state index contributed by atoms with van der Waals surface area (Å²) >= 11 is 19.5. The number of non-ortho nitro benzene ring substituents is 1. The number of nitro groups is 1. The molecule has 0 atom stereocenters. The Morgan fingerprint density at radius 3 is 2.52 bits per heavy atom. The van der Waals surface area contributed by atoms with Crippen molar-refractivity contribution in [3.63, 3.8) is 0 Å². The van der Waals surface area contributed by atoms with Gasteiger partial charge in [0.05, 0.1) is 15.5 Å². The van der Waals surface area contributed by atoms with E-state index in [0.717, 1.165) is 11.6 Å². The Balaban J connectivity index is 1.80. The summed E-state index contributed by atoms with van der Waals surface area (Å²) in [4.78, 5) is 22.2. The predicted molar refractivity (Wildman–Crippen MR) is 103 cm³/mol. The lowest BCUT2D eigenvalue weighted by molar-refractivity contribution is -0.384. The normalized spacial score (nSPS) is 10.5. The summed E-state index contributed by atoms with van der Waals surface area (Å²) in [5, 5.41) is 14.6. The summed E-state index contributed by atoms with van der Waals surface area (Å²) in [7, 11) is 0. The first-order valence-corrected chi connectivity index (χ1v) is 9.41. The molecule has 0 aliphatic heterocycles. The van der Waals surface area contributed by atoms with Crippen LogP contribution < -0.4 is 5.32 Å². The minimum atomic E-state index is -0.563. The highest BCUT2D eigenvalue weighted by molar-refractivity contribution is 7.98. The van der Waals surface area contributed by atoms with Gasteiger partial charge in [0.1, 0.15) is 0 Å². The number of rotatable bonds is 7. The van der Waals surface area contributed by atoms with E-state index in [4.69, 9.17) is 34.8 Å². The first kappa shape index (κ1) is 19.8. The van der Waals surface area contributed by atoms with Crippen LogP contribution in [-0.2, 0) is 5.75 Å². The van der Waals surface area contributed by atoms with Crippen LogP contribution in [-0.4, -0.2) is 23.1 Å². The smallest absolute Gasteiger partial charge is 0.270 e. The number of amides is 1. The Kier molecular flexibility index (Phi) is 7.38. The van der Waals surface area contributed by atoms with Crippen LogP contribution >= 0.6 is 46.6 Å². The van der Waals surface area contributed by atoms with E-state index in [1.165, 1.54) is 12.1 Å². The van der Waals surface area contributed by atoms with E-state index in [0.29, 0.717) is 28.1 Å². The Labute approximate surface area is 163 Å². The van der Waals surface area contributed by atoms with Crippen LogP contribution in [0.5, 0.6) is 0 Å². The molecule has 0 radical (unpaired) electrons. The van der Waals surface area contributed by atoms with Crippen LogP contribution in [0.3, 0.4) is 0 Å². The number of nitro benzene ring substituents is 1. The number of nitrogens with zero attached hydrogens (tertiary/aromatic N) is 1. The molecule has 0 bridgehead atoms. The Morgan fingerprint density at radius 1 is 1.12 bits per heavy atom. The van der Waals surface area contributed by atoms with E-state index in [2.05, 4.69) is 5.32 Å². The van der Waals surface area contributed by atoms with Gasteiger partial charge in [-0.25, -0.2) is 0 Å². The maximum absolute atomic E-state index is 12.1. The van der Waals surface area contributed by atoms with E-state index >= 15 is 0 Å². The monoisotopic (exact) mass is 418 g/mol. The third-order valence-electron chi connectivity index (χ3n) is 3.21. The first-order valence-electron chi connectivity index (χ1n) is 7.12. The number of halogens is 3. The van der Waals surface area contributed by atoms with Gasteiger partial charge in [-0.15, -0.1) is 0 Å². The number of hydrogen-bond donors (Lipinski definition) is 1. The van der Waals surface area contributed by atoms with Gasteiger partial charge in [0.15, 0.2) is 0 Å². The largest absolute Gasteiger partial charge is 0.351 e. The summed E-state index contributed by atoms with van der Waals surface area (Å²) in [5.41, 5.74) is 1.02. The van der Waals surface area contributed by atoms with Crippen LogP contribution in [0.1, 0.15) is 15.9 Å². The fraction of sp³-hybridized carbons (Fsp3) is 0.188. The van der Waals surface area contributed by atoms with Crippen LogP contribution in [0.4, 0.5) is 5.69 Å². The molecule has 2 aromatic carbocycles. The van der Waals surface area contributed by atoms with Crippen molar-refractivity contribution in [3.8, 4) is 0 Å². The van der Waals surface area contributed by atoms with Gasteiger partial charge in [-0.3, -0.25) is 14.9 Å². The molecular formula is C16H13Cl3N2O3S. The second kappa shape index (κ2) is 9.29. The SMILES string of the molecule is O=C(NCCSCc1ccc(Cl)cc1Cl)c1ccc([N+](=O)[O-])cc1Cl. The first-order chi connectivity index (χ1) is 11.9.